The van der Waals surface area contributed by atoms with Gasteiger partial charge >= 0.3 is 0 Å². The summed E-state index contributed by atoms with van der Waals surface area (Å²) in [5.74, 6) is -0.664. The molecule has 0 bridgehead atoms. The highest BCUT2D eigenvalue weighted by Crippen LogP contribution is 2.19. The smallest absolute Gasteiger partial charge is 0.207 e. The lowest BCUT2D eigenvalue weighted by Crippen LogP contribution is -2.23. The summed E-state index contributed by atoms with van der Waals surface area (Å²) in [7, 11) is -3.74. The van der Waals surface area contributed by atoms with Crippen LogP contribution >= 0.6 is 23.2 Å². The molecule has 3 nitrogen and oxygen atoms in total. The van der Waals surface area contributed by atoms with Crippen LogP contribution in [0.1, 0.15) is 5.56 Å². The summed E-state index contributed by atoms with van der Waals surface area (Å²) in [5.41, 5.74) is 0.756. The monoisotopic (exact) mass is 333 g/mol. The van der Waals surface area contributed by atoms with Crippen LogP contribution in [0.25, 0.3) is 0 Å². The van der Waals surface area contributed by atoms with Crippen LogP contribution in [0.5, 0.6) is 0 Å². The van der Waals surface area contributed by atoms with E-state index in [2.05, 4.69) is 4.72 Å². The van der Waals surface area contributed by atoms with Gasteiger partial charge in [0.05, 0.1) is 9.92 Å². The summed E-state index contributed by atoms with van der Waals surface area (Å²) < 4.78 is 39.5. The van der Waals surface area contributed by atoms with Crippen LogP contribution in [0.3, 0.4) is 0 Å². The maximum absolute atomic E-state index is 13.0. The summed E-state index contributed by atoms with van der Waals surface area (Å²) in [6.45, 7) is 0.106. The molecule has 0 saturated heterocycles. The van der Waals surface area contributed by atoms with Crippen LogP contribution in [-0.2, 0) is 16.6 Å². The number of nitrogens with one attached hydrogen (secondary N) is 1. The molecule has 0 aromatic heterocycles. The second-order valence-corrected chi connectivity index (χ2v) is 6.64. The molecular weight excluding hydrogens is 324 g/mol. The van der Waals surface area contributed by atoms with E-state index in [1.807, 2.05) is 0 Å². The van der Waals surface area contributed by atoms with E-state index >= 15 is 0 Å². The minimum Gasteiger partial charge on any atom is -0.207 e. The van der Waals surface area contributed by atoms with Crippen LogP contribution in [0.2, 0.25) is 10.0 Å². The Morgan fingerprint density at radius 3 is 2.30 bits per heavy atom. The number of sulfonamides is 1. The van der Waals surface area contributed by atoms with Crippen molar-refractivity contribution in [3.05, 3.63) is 63.9 Å². The van der Waals surface area contributed by atoms with Gasteiger partial charge in [-0.2, -0.15) is 0 Å². The van der Waals surface area contributed by atoms with Gasteiger partial charge in [-0.15, -0.1) is 0 Å². The fourth-order valence-electron chi connectivity index (χ4n) is 1.51. The zero-order chi connectivity index (χ0) is 14.8. The minimum absolute atomic E-state index is 0.0853. The van der Waals surface area contributed by atoms with Crippen LogP contribution in [-0.4, -0.2) is 8.42 Å². The zero-order valence-corrected chi connectivity index (χ0v) is 12.4. The Kier molecular flexibility index (Phi) is 4.65. The average Bonchev–Trinajstić information content (AvgIpc) is 2.41. The molecule has 2 aromatic carbocycles. The highest BCUT2D eigenvalue weighted by atomic mass is 35.5. The number of hydrogen-bond acceptors (Lipinski definition) is 2. The molecule has 0 fully saturated rings. The minimum atomic E-state index is -3.74. The Morgan fingerprint density at radius 1 is 1.05 bits per heavy atom. The third-order valence-corrected chi connectivity index (χ3v) is 4.52. The van der Waals surface area contributed by atoms with Gasteiger partial charge in [-0.25, -0.2) is 17.5 Å². The lowest BCUT2D eigenvalue weighted by atomic mass is 10.2. The van der Waals surface area contributed by atoms with Crippen molar-refractivity contribution in [2.75, 3.05) is 0 Å². The van der Waals surface area contributed by atoms with E-state index in [9.17, 15) is 12.8 Å². The first-order valence-electron chi connectivity index (χ1n) is 5.58. The molecule has 106 valence electrons. The Balaban J connectivity index is 2.14. The van der Waals surface area contributed by atoms with Crippen molar-refractivity contribution in [1.29, 1.82) is 0 Å². The molecule has 7 heteroatoms. The van der Waals surface area contributed by atoms with Gasteiger partial charge in [-0.1, -0.05) is 35.3 Å². The summed E-state index contributed by atoms with van der Waals surface area (Å²) in [4.78, 5) is -0.0853. The van der Waals surface area contributed by atoms with Gasteiger partial charge in [0.25, 0.3) is 0 Å². The summed E-state index contributed by atoms with van der Waals surface area (Å²) in [5, 5.41) is 0.335. The molecule has 0 amide bonds. The van der Waals surface area contributed by atoms with E-state index in [0.717, 1.165) is 23.8 Å². The van der Waals surface area contributed by atoms with E-state index in [4.69, 9.17) is 23.2 Å². The molecule has 0 aliphatic heterocycles. The van der Waals surface area contributed by atoms with Gasteiger partial charge in [0.15, 0.2) is 0 Å². The highest BCUT2D eigenvalue weighted by molar-refractivity contribution is 7.89. The summed E-state index contributed by atoms with van der Waals surface area (Å²) in [6, 6.07) is 10.00. The quantitative estimate of drug-likeness (QED) is 0.928. The van der Waals surface area contributed by atoms with Crippen LogP contribution in [0, 0.1) is 5.82 Å². The van der Waals surface area contributed by atoms with Crippen molar-refractivity contribution in [2.45, 2.75) is 11.4 Å². The van der Waals surface area contributed by atoms with E-state index in [1.165, 1.54) is 0 Å². The second-order valence-electron chi connectivity index (χ2n) is 4.03. The first-order valence-corrected chi connectivity index (χ1v) is 7.81. The number of halogens is 3. The standard InChI is InChI=1S/C13H10Cl2FNO2S/c14-10-3-1-9(2-4-10)8-17-20(18,19)11-5-6-13(16)12(15)7-11/h1-7,17H,8H2. The molecule has 1 N–H and O–H groups in total. The van der Waals surface area contributed by atoms with Crippen molar-refractivity contribution in [2.24, 2.45) is 0 Å². The summed E-state index contributed by atoms with van der Waals surface area (Å²) in [6.07, 6.45) is 0. The Hall–Kier alpha value is -1.14. The molecule has 0 aliphatic rings. The topological polar surface area (TPSA) is 46.2 Å². The molecule has 2 aromatic rings. The number of hydrogen-bond donors (Lipinski definition) is 1. The first-order chi connectivity index (χ1) is 9.38. The maximum atomic E-state index is 13.0. The van der Waals surface area contributed by atoms with Crippen LogP contribution in [0.4, 0.5) is 4.39 Å². The third kappa shape index (κ3) is 3.70. The molecule has 0 unspecified atom stereocenters. The van der Waals surface area contributed by atoms with Crippen molar-refractivity contribution in [1.82, 2.24) is 4.72 Å². The predicted molar refractivity (Wildman–Crippen MR) is 76.9 cm³/mol. The molecule has 2 rings (SSSR count). The Labute approximate surface area is 126 Å². The second kappa shape index (κ2) is 6.10. The fourth-order valence-corrected chi connectivity index (χ4v) is 2.92. The SMILES string of the molecule is O=S(=O)(NCc1ccc(Cl)cc1)c1ccc(F)c(Cl)c1. The molecule has 0 heterocycles. The molecule has 0 saturated carbocycles. The van der Waals surface area contributed by atoms with Gasteiger partial charge in [0, 0.05) is 11.6 Å². The molecular formula is C13H10Cl2FNO2S. The van der Waals surface area contributed by atoms with Crippen molar-refractivity contribution < 1.29 is 12.8 Å². The normalized spacial score (nSPS) is 11.6. The Morgan fingerprint density at radius 2 is 1.70 bits per heavy atom. The summed E-state index contributed by atoms with van der Waals surface area (Å²) >= 11 is 11.3. The lowest BCUT2D eigenvalue weighted by Gasteiger charge is -2.07. The van der Waals surface area contributed by atoms with Crippen molar-refractivity contribution in [3.8, 4) is 0 Å². The zero-order valence-electron chi connectivity index (χ0n) is 10.1. The first kappa shape index (κ1) is 15.3. The number of rotatable bonds is 4. The van der Waals surface area contributed by atoms with Gasteiger partial charge in [-0.3, -0.25) is 0 Å². The van der Waals surface area contributed by atoms with Gasteiger partial charge < -0.3 is 0 Å². The fraction of sp³-hybridized carbons (Fsp3) is 0.0769. The Bertz CT molecular complexity index is 718. The van der Waals surface area contributed by atoms with Gasteiger partial charge in [0.1, 0.15) is 5.82 Å². The molecule has 0 spiro atoms. The van der Waals surface area contributed by atoms with Gasteiger partial charge in [0.2, 0.25) is 10.0 Å². The molecule has 0 aliphatic carbocycles. The van der Waals surface area contributed by atoms with E-state index in [1.54, 1.807) is 24.3 Å². The molecule has 20 heavy (non-hydrogen) atoms. The number of benzene rings is 2. The maximum Gasteiger partial charge on any atom is 0.240 e. The van der Waals surface area contributed by atoms with Gasteiger partial charge in [-0.05, 0) is 35.9 Å². The third-order valence-electron chi connectivity index (χ3n) is 2.58. The van der Waals surface area contributed by atoms with Crippen LogP contribution < -0.4 is 4.72 Å². The van der Waals surface area contributed by atoms with Crippen LogP contribution in [0.15, 0.2) is 47.4 Å². The molecule has 0 atom stereocenters. The predicted octanol–water partition coefficient (Wildman–Crippen LogP) is 3.61. The average molecular weight is 334 g/mol. The lowest BCUT2D eigenvalue weighted by molar-refractivity contribution is 0.580. The van der Waals surface area contributed by atoms with E-state index in [0.29, 0.717) is 5.02 Å². The van der Waals surface area contributed by atoms with Crippen molar-refractivity contribution >= 4 is 33.2 Å². The van der Waals surface area contributed by atoms with Crippen molar-refractivity contribution in [3.63, 3.8) is 0 Å². The van der Waals surface area contributed by atoms with E-state index < -0.39 is 15.8 Å². The van der Waals surface area contributed by atoms with E-state index in [-0.39, 0.29) is 16.5 Å². The molecule has 0 radical (unpaired) electrons. The largest absolute Gasteiger partial charge is 0.240 e. The highest BCUT2D eigenvalue weighted by Gasteiger charge is 2.15.